The number of nitrogens with one attached hydrogen (secondary N) is 1. The van der Waals surface area contributed by atoms with Crippen molar-refractivity contribution in [2.45, 2.75) is 45.2 Å². The molecule has 6 nitrogen and oxygen atoms in total. The number of piperidine rings is 1. The lowest BCUT2D eigenvalue weighted by atomic mass is 10.0. The summed E-state index contributed by atoms with van der Waals surface area (Å²) in [6, 6.07) is 6.21. The normalized spacial score (nSPS) is 16.3. The lowest BCUT2D eigenvalue weighted by Gasteiger charge is -2.32. The molecule has 0 aliphatic carbocycles. The predicted octanol–water partition coefficient (Wildman–Crippen LogP) is 2.33. The van der Waals surface area contributed by atoms with Crippen LogP contribution in [-0.4, -0.2) is 44.7 Å². The number of carbonyl (C=O) groups excluding carboxylic acids is 1. The van der Waals surface area contributed by atoms with Gasteiger partial charge in [0.1, 0.15) is 5.69 Å². The molecule has 1 amide bonds. The first-order valence-electron chi connectivity index (χ1n) is 8.99. The van der Waals surface area contributed by atoms with Gasteiger partial charge in [-0.1, -0.05) is 19.9 Å². The van der Waals surface area contributed by atoms with E-state index < -0.39 is 0 Å². The van der Waals surface area contributed by atoms with Crippen LogP contribution in [-0.2, 0) is 13.6 Å². The van der Waals surface area contributed by atoms with Crippen LogP contribution in [0.25, 0.3) is 0 Å². The first-order chi connectivity index (χ1) is 12.0. The highest BCUT2D eigenvalue weighted by molar-refractivity contribution is 5.92. The van der Waals surface area contributed by atoms with Gasteiger partial charge in [-0.25, -0.2) is 0 Å². The van der Waals surface area contributed by atoms with Gasteiger partial charge < -0.3 is 5.32 Å². The molecule has 0 spiro atoms. The number of carbonyl (C=O) groups is 1. The van der Waals surface area contributed by atoms with E-state index in [4.69, 9.17) is 0 Å². The van der Waals surface area contributed by atoms with Gasteiger partial charge >= 0.3 is 0 Å². The van der Waals surface area contributed by atoms with Gasteiger partial charge in [0, 0.05) is 45.1 Å². The molecule has 1 fully saturated rings. The van der Waals surface area contributed by atoms with Gasteiger partial charge in [-0.3, -0.25) is 19.4 Å². The fourth-order valence-electron chi connectivity index (χ4n) is 3.23. The molecule has 6 heteroatoms. The van der Waals surface area contributed by atoms with Crippen molar-refractivity contribution in [2.75, 3.05) is 13.1 Å². The number of aryl methyl sites for hydroxylation is 1. The van der Waals surface area contributed by atoms with Crippen LogP contribution in [0.5, 0.6) is 0 Å². The lowest BCUT2D eigenvalue weighted by molar-refractivity contribution is 0.0899. The summed E-state index contributed by atoms with van der Waals surface area (Å²) >= 11 is 0. The maximum Gasteiger partial charge on any atom is 0.269 e. The van der Waals surface area contributed by atoms with Crippen LogP contribution in [0.3, 0.4) is 0 Å². The zero-order chi connectivity index (χ0) is 17.8. The zero-order valence-electron chi connectivity index (χ0n) is 15.3. The first kappa shape index (κ1) is 17.6. The molecule has 3 rings (SSSR count). The number of hydrogen-bond acceptors (Lipinski definition) is 4. The zero-order valence-corrected chi connectivity index (χ0v) is 15.3. The van der Waals surface area contributed by atoms with Crippen LogP contribution in [0.2, 0.25) is 0 Å². The molecule has 1 saturated heterocycles. The molecule has 3 heterocycles. The van der Waals surface area contributed by atoms with Crippen LogP contribution in [0.4, 0.5) is 0 Å². The third-order valence-corrected chi connectivity index (χ3v) is 4.77. The SMILES string of the molecule is CC(C)c1cc(C(=O)NC2CCN(Cc3cccnc3)CC2)n(C)n1. The minimum atomic E-state index is -0.0207. The van der Waals surface area contributed by atoms with Crippen molar-refractivity contribution in [1.82, 2.24) is 25.0 Å². The van der Waals surface area contributed by atoms with Crippen LogP contribution in [0.1, 0.15) is 54.4 Å². The van der Waals surface area contributed by atoms with Gasteiger partial charge in [0.05, 0.1) is 5.69 Å². The maximum atomic E-state index is 12.5. The average Bonchev–Trinajstić information content (AvgIpc) is 3.00. The maximum absolute atomic E-state index is 12.5. The van der Waals surface area contributed by atoms with E-state index in [1.54, 1.807) is 10.9 Å². The monoisotopic (exact) mass is 341 g/mol. The van der Waals surface area contributed by atoms with E-state index in [0.717, 1.165) is 38.2 Å². The number of hydrogen-bond donors (Lipinski definition) is 1. The van der Waals surface area contributed by atoms with Crippen molar-refractivity contribution in [3.05, 3.63) is 47.5 Å². The Bertz CT molecular complexity index is 702. The number of pyridine rings is 1. The van der Waals surface area contributed by atoms with Crippen molar-refractivity contribution >= 4 is 5.91 Å². The predicted molar refractivity (Wildman–Crippen MR) is 97.3 cm³/mol. The highest BCUT2D eigenvalue weighted by Gasteiger charge is 2.23. The lowest BCUT2D eigenvalue weighted by Crippen LogP contribution is -2.44. The van der Waals surface area contributed by atoms with Gasteiger partial charge in [-0.05, 0) is 36.5 Å². The van der Waals surface area contributed by atoms with Gasteiger partial charge in [-0.15, -0.1) is 0 Å². The fraction of sp³-hybridized carbons (Fsp3) is 0.526. The summed E-state index contributed by atoms with van der Waals surface area (Å²) in [7, 11) is 1.83. The van der Waals surface area contributed by atoms with E-state index in [9.17, 15) is 4.79 Å². The van der Waals surface area contributed by atoms with E-state index in [1.165, 1.54) is 5.56 Å². The van der Waals surface area contributed by atoms with Crippen LogP contribution in [0, 0.1) is 0 Å². The number of likely N-dealkylation sites (tertiary alicyclic amines) is 1. The molecule has 0 saturated carbocycles. The molecule has 0 unspecified atom stereocenters. The Balaban J connectivity index is 1.51. The highest BCUT2D eigenvalue weighted by atomic mass is 16.2. The number of rotatable bonds is 5. The summed E-state index contributed by atoms with van der Waals surface area (Å²) in [5, 5.41) is 7.60. The minimum absolute atomic E-state index is 0.0207. The molecule has 1 aliphatic heterocycles. The minimum Gasteiger partial charge on any atom is -0.348 e. The van der Waals surface area contributed by atoms with Gasteiger partial charge in [-0.2, -0.15) is 5.10 Å². The summed E-state index contributed by atoms with van der Waals surface area (Å²) in [5.74, 6) is 0.302. The van der Waals surface area contributed by atoms with E-state index in [-0.39, 0.29) is 11.9 Å². The summed E-state index contributed by atoms with van der Waals surface area (Å²) < 4.78 is 1.68. The summed E-state index contributed by atoms with van der Waals surface area (Å²) in [6.45, 7) is 7.07. The molecule has 25 heavy (non-hydrogen) atoms. The van der Waals surface area contributed by atoms with Crippen LogP contribution in [0.15, 0.2) is 30.6 Å². The molecule has 0 bridgehead atoms. The Hall–Kier alpha value is -2.21. The molecule has 0 atom stereocenters. The third kappa shape index (κ3) is 4.45. The van der Waals surface area contributed by atoms with E-state index in [0.29, 0.717) is 11.6 Å². The largest absolute Gasteiger partial charge is 0.348 e. The molecule has 0 aromatic carbocycles. The number of nitrogens with zero attached hydrogens (tertiary/aromatic N) is 4. The fourth-order valence-corrected chi connectivity index (χ4v) is 3.23. The van der Waals surface area contributed by atoms with Crippen molar-refractivity contribution in [3.63, 3.8) is 0 Å². The second-order valence-electron chi connectivity index (χ2n) is 7.12. The Kier molecular flexibility index (Phi) is 5.48. The van der Waals surface area contributed by atoms with E-state index in [2.05, 4.69) is 40.2 Å². The van der Waals surface area contributed by atoms with Gasteiger partial charge in [0.15, 0.2) is 0 Å². The van der Waals surface area contributed by atoms with Crippen molar-refractivity contribution in [3.8, 4) is 0 Å². The third-order valence-electron chi connectivity index (χ3n) is 4.77. The van der Waals surface area contributed by atoms with Crippen molar-refractivity contribution < 1.29 is 4.79 Å². The molecule has 1 N–H and O–H groups in total. The topological polar surface area (TPSA) is 63.1 Å². The summed E-state index contributed by atoms with van der Waals surface area (Å²) in [5.41, 5.74) is 2.83. The summed E-state index contributed by atoms with van der Waals surface area (Å²) in [6.07, 6.45) is 5.67. The second-order valence-corrected chi connectivity index (χ2v) is 7.12. The van der Waals surface area contributed by atoms with Crippen molar-refractivity contribution in [2.24, 2.45) is 7.05 Å². The first-order valence-corrected chi connectivity index (χ1v) is 8.99. The van der Waals surface area contributed by atoms with Crippen molar-refractivity contribution in [1.29, 1.82) is 0 Å². The van der Waals surface area contributed by atoms with E-state index >= 15 is 0 Å². The Labute approximate surface area is 149 Å². The standard InChI is InChI=1S/C19H27N5O/c1-14(2)17-11-18(23(3)22-17)19(25)21-16-6-9-24(10-7-16)13-15-5-4-8-20-12-15/h4-5,8,11-12,14,16H,6-7,9-10,13H2,1-3H3,(H,21,25). The van der Waals surface area contributed by atoms with Crippen LogP contribution < -0.4 is 5.32 Å². The van der Waals surface area contributed by atoms with Gasteiger partial charge in [0.2, 0.25) is 0 Å². The Morgan fingerprint density at radius 1 is 1.36 bits per heavy atom. The highest BCUT2D eigenvalue weighted by Crippen LogP contribution is 2.16. The number of aromatic nitrogens is 3. The second kappa shape index (κ2) is 7.78. The Morgan fingerprint density at radius 2 is 2.12 bits per heavy atom. The molecule has 2 aromatic heterocycles. The smallest absolute Gasteiger partial charge is 0.269 e. The number of amides is 1. The summed E-state index contributed by atoms with van der Waals surface area (Å²) in [4.78, 5) is 19.1. The molecule has 1 aliphatic rings. The molecule has 0 radical (unpaired) electrons. The average molecular weight is 341 g/mol. The van der Waals surface area contributed by atoms with E-state index in [1.807, 2.05) is 25.4 Å². The van der Waals surface area contributed by atoms with Gasteiger partial charge in [0.25, 0.3) is 5.91 Å². The molecule has 134 valence electrons. The van der Waals surface area contributed by atoms with Crippen LogP contribution >= 0.6 is 0 Å². The molecular formula is C19H27N5O. The quantitative estimate of drug-likeness (QED) is 0.907. The molecule has 2 aromatic rings. The molecular weight excluding hydrogens is 314 g/mol. The Morgan fingerprint density at radius 3 is 2.72 bits per heavy atom.